The maximum atomic E-state index is 12.6. The van der Waals surface area contributed by atoms with Gasteiger partial charge in [-0.3, -0.25) is 4.79 Å². The number of hydrogen-bond donors (Lipinski definition) is 1. The lowest BCUT2D eigenvalue weighted by molar-refractivity contribution is -0.131. The van der Waals surface area contributed by atoms with Crippen LogP contribution in [0, 0.1) is 0 Å². The van der Waals surface area contributed by atoms with Crippen LogP contribution in [0.1, 0.15) is 44.1 Å². The smallest absolute Gasteiger partial charge is 0.317 e. The van der Waals surface area contributed by atoms with Crippen LogP contribution in [0.2, 0.25) is 0 Å². The van der Waals surface area contributed by atoms with E-state index in [2.05, 4.69) is 5.32 Å². The molecule has 0 bridgehead atoms. The van der Waals surface area contributed by atoms with E-state index in [1.54, 1.807) is 7.11 Å². The van der Waals surface area contributed by atoms with Gasteiger partial charge in [-0.1, -0.05) is 25.0 Å². The Balaban J connectivity index is 1.43. The highest BCUT2D eigenvalue weighted by atomic mass is 16.5. The largest absolute Gasteiger partial charge is 0.497 e. The molecule has 2 aliphatic rings. The van der Waals surface area contributed by atoms with Crippen molar-refractivity contribution in [2.24, 2.45) is 0 Å². The van der Waals surface area contributed by atoms with Crippen LogP contribution in [0.4, 0.5) is 4.79 Å². The molecule has 0 unspecified atom stereocenters. The number of amides is 3. The fraction of sp³-hybridized carbons (Fsp3) is 0.619. The zero-order valence-electron chi connectivity index (χ0n) is 16.3. The summed E-state index contributed by atoms with van der Waals surface area (Å²) in [6, 6.07) is 8.23. The summed E-state index contributed by atoms with van der Waals surface area (Å²) in [5.74, 6) is 0.998. The van der Waals surface area contributed by atoms with Crippen LogP contribution < -0.4 is 10.1 Å². The Labute approximate surface area is 161 Å². The quantitative estimate of drug-likeness (QED) is 0.863. The number of rotatable bonds is 5. The van der Waals surface area contributed by atoms with Gasteiger partial charge in [-0.2, -0.15) is 0 Å². The topological polar surface area (TPSA) is 61.9 Å². The Morgan fingerprint density at radius 1 is 1.00 bits per heavy atom. The van der Waals surface area contributed by atoms with Gasteiger partial charge < -0.3 is 19.9 Å². The molecule has 1 aliphatic carbocycles. The number of carbonyl (C=O) groups excluding carboxylic acids is 2. The van der Waals surface area contributed by atoms with Gasteiger partial charge in [0.25, 0.3) is 0 Å². The average Bonchev–Trinajstić information content (AvgIpc) is 3.07. The third-order valence-electron chi connectivity index (χ3n) is 5.61. The Morgan fingerprint density at radius 3 is 2.37 bits per heavy atom. The molecule has 1 saturated heterocycles. The Hall–Kier alpha value is -2.24. The number of ether oxygens (including phenoxy) is 1. The van der Waals surface area contributed by atoms with E-state index >= 15 is 0 Å². The first-order valence-corrected chi connectivity index (χ1v) is 10.1. The summed E-state index contributed by atoms with van der Waals surface area (Å²) in [5, 5.41) is 3.15. The fourth-order valence-electron chi connectivity index (χ4n) is 3.91. The standard InChI is InChI=1S/C21H31N3O3/c1-27-19-10-7-17(8-11-19)9-12-20(25)23-13-4-14-24(16-15-23)21(26)22-18-5-2-3-6-18/h7-8,10-11,18H,2-6,9,12-16H2,1H3,(H,22,26). The highest BCUT2D eigenvalue weighted by Gasteiger charge is 2.24. The van der Waals surface area contributed by atoms with Crippen LogP contribution in [0.15, 0.2) is 24.3 Å². The minimum atomic E-state index is 0.0365. The Morgan fingerprint density at radius 2 is 1.67 bits per heavy atom. The van der Waals surface area contributed by atoms with Gasteiger partial charge in [0, 0.05) is 38.6 Å². The molecule has 1 N–H and O–H groups in total. The fourth-order valence-corrected chi connectivity index (χ4v) is 3.91. The lowest BCUT2D eigenvalue weighted by Gasteiger charge is -2.24. The summed E-state index contributed by atoms with van der Waals surface area (Å²) in [6.45, 7) is 2.70. The number of nitrogens with one attached hydrogen (secondary N) is 1. The van der Waals surface area contributed by atoms with Crippen LogP contribution in [0.25, 0.3) is 0 Å². The molecule has 1 saturated carbocycles. The normalized spacial score (nSPS) is 18.3. The number of aryl methyl sites for hydroxylation is 1. The van der Waals surface area contributed by atoms with Gasteiger partial charge in [0.2, 0.25) is 5.91 Å². The minimum absolute atomic E-state index is 0.0365. The summed E-state index contributed by atoms with van der Waals surface area (Å²) in [4.78, 5) is 28.8. The van der Waals surface area contributed by atoms with Crippen molar-refractivity contribution in [3.63, 3.8) is 0 Å². The van der Waals surface area contributed by atoms with Crippen molar-refractivity contribution in [3.05, 3.63) is 29.8 Å². The van der Waals surface area contributed by atoms with Crippen molar-refractivity contribution >= 4 is 11.9 Å². The van der Waals surface area contributed by atoms with Crippen LogP contribution in [0.3, 0.4) is 0 Å². The molecule has 6 heteroatoms. The first-order chi connectivity index (χ1) is 13.2. The molecule has 148 valence electrons. The molecule has 1 aromatic rings. The number of methoxy groups -OCH3 is 1. The van der Waals surface area contributed by atoms with E-state index in [9.17, 15) is 9.59 Å². The van der Waals surface area contributed by atoms with Crippen molar-refractivity contribution in [1.29, 1.82) is 0 Å². The summed E-state index contributed by atoms with van der Waals surface area (Å²) >= 11 is 0. The number of hydrogen-bond acceptors (Lipinski definition) is 3. The van der Waals surface area contributed by atoms with E-state index in [-0.39, 0.29) is 11.9 Å². The molecule has 3 amide bonds. The second kappa shape index (κ2) is 9.62. The van der Waals surface area contributed by atoms with Crippen LogP contribution in [-0.4, -0.2) is 61.1 Å². The van der Waals surface area contributed by atoms with Gasteiger partial charge in [0.15, 0.2) is 0 Å². The lowest BCUT2D eigenvalue weighted by Crippen LogP contribution is -2.45. The molecule has 0 aromatic heterocycles. The zero-order chi connectivity index (χ0) is 19.1. The molecule has 2 fully saturated rings. The van der Waals surface area contributed by atoms with Crippen molar-refractivity contribution in [3.8, 4) is 5.75 Å². The Bertz CT molecular complexity index is 626. The maximum absolute atomic E-state index is 12.6. The minimum Gasteiger partial charge on any atom is -0.497 e. The molecule has 0 spiro atoms. The first kappa shape index (κ1) is 19.5. The average molecular weight is 373 g/mol. The van der Waals surface area contributed by atoms with Crippen molar-refractivity contribution in [2.45, 2.75) is 51.0 Å². The summed E-state index contributed by atoms with van der Waals surface area (Å²) in [5.41, 5.74) is 1.14. The molecule has 0 radical (unpaired) electrons. The molecule has 27 heavy (non-hydrogen) atoms. The predicted molar refractivity (Wildman–Crippen MR) is 105 cm³/mol. The van der Waals surface area contributed by atoms with Crippen molar-refractivity contribution in [1.82, 2.24) is 15.1 Å². The number of carbonyl (C=O) groups is 2. The lowest BCUT2D eigenvalue weighted by atomic mass is 10.1. The third kappa shape index (κ3) is 5.62. The maximum Gasteiger partial charge on any atom is 0.317 e. The number of urea groups is 1. The molecule has 0 atom stereocenters. The van der Waals surface area contributed by atoms with E-state index in [0.29, 0.717) is 25.6 Å². The van der Waals surface area contributed by atoms with Crippen molar-refractivity contribution < 1.29 is 14.3 Å². The van der Waals surface area contributed by atoms with Gasteiger partial charge in [-0.15, -0.1) is 0 Å². The molecular formula is C21H31N3O3. The number of benzene rings is 1. The van der Waals surface area contributed by atoms with Gasteiger partial charge >= 0.3 is 6.03 Å². The van der Waals surface area contributed by atoms with Crippen LogP contribution >= 0.6 is 0 Å². The van der Waals surface area contributed by atoms with Crippen LogP contribution in [-0.2, 0) is 11.2 Å². The van der Waals surface area contributed by atoms with E-state index in [1.807, 2.05) is 34.1 Å². The molecule has 3 rings (SSSR count). The molecule has 1 aromatic carbocycles. The summed E-state index contributed by atoms with van der Waals surface area (Å²) < 4.78 is 5.16. The van der Waals surface area contributed by atoms with Crippen LogP contribution in [0.5, 0.6) is 5.75 Å². The molecule has 1 heterocycles. The van der Waals surface area contributed by atoms with Gasteiger partial charge in [0.05, 0.1) is 7.11 Å². The van der Waals surface area contributed by atoms with Gasteiger partial charge in [-0.25, -0.2) is 4.79 Å². The van der Waals surface area contributed by atoms with E-state index < -0.39 is 0 Å². The first-order valence-electron chi connectivity index (χ1n) is 10.1. The Kier molecular flexibility index (Phi) is 6.96. The SMILES string of the molecule is COc1ccc(CCC(=O)N2CCCN(C(=O)NC3CCCC3)CC2)cc1. The van der Waals surface area contributed by atoms with E-state index in [4.69, 9.17) is 4.74 Å². The van der Waals surface area contributed by atoms with Crippen molar-refractivity contribution in [2.75, 3.05) is 33.3 Å². The third-order valence-corrected chi connectivity index (χ3v) is 5.61. The number of nitrogens with zero attached hydrogens (tertiary/aromatic N) is 2. The summed E-state index contributed by atoms with van der Waals surface area (Å²) in [6.07, 6.45) is 6.67. The molecule has 6 nitrogen and oxygen atoms in total. The van der Waals surface area contributed by atoms with E-state index in [1.165, 1.54) is 12.8 Å². The zero-order valence-corrected chi connectivity index (χ0v) is 16.3. The van der Waals surface area contributed by atoms with Gasteiger partial charge in [-0.05, 0) is 43.4 Å². The highest BCUT2D eigenvalue weighted by molar-refractivity contribution is 5.77. The molecule has 1 aliphatic heterocycles. The molecular weight excluding hydrogens is 342 g/mol. The predicted octanol–water partition coefficient (Wildman–Crippen LogP) is 2.81. The second-order valence-corrected chi connectivity index (χ2v) is 7.50. The second-order valence-electron chi connectivity index (χ2n) is 7.50. The highest BCUT2D eigenvalue weighted by Crippen LogP contribution is 2.18. The monoisotopic (exact) mass is 373 g/mol. The van der Waals surface area contributed by atoms with E-state index in [0.717, 1.165) is 50.1 Å². The summed E-state index contributed by atoms with van der Waals surface area (Å²) in [7, 11) is 1.65. The van der Waals surface area contributed by atoms with Gasteiger partial charge in [0.1, 0.15) is 5.75 Å².